The first-order valence-electron chi connectivity index (χ1n) is 6.50. The highest BCUT2D eigenvalue weighted by atomic mass is 16.5. The van der Waals surface area contributed by atoms with Gasteiger partial charge in [0.2, 0.25) is 5.91 Å². The van der Waals surface area contributed by atoms with E-state index in [-0.39, 0.29) is 5.91 Å². The van der Waals surface area contributed by atoms with Crippen LogP contribution in [-0.2, 0) is 16.0 Å². The number of carbonyl (C=O) groups is 1. The summed E-state index contributed by atoms with van der Waals surface area (Å²) in [6, 6.07) is 0. The van der Waals surface area contributed by atoms with Gasteiger partial charge in [-0.1, -0.05) is 0 Å². The highest BCUT2D eigenvalue weighted by Crippen LogP contribution is 2.11. The Bertz CT molecular complexity index is 355. The molecule has 2 N–H and O–H groups in total. The molecular weight excluding hydrogens is 230 g/mol. The second-order valence-electron chi connectivity index (χ2n) is 4.31. The van der Waals surface area contributed by atoms with E-state index < -0.39 is 0 Å². The van der Waals surface area contributed by atoms with Gasteiger partial charge < -0.3 is 10.1 Å². The van der Waals surface area contributed by atoms with Gasteiger partial charge in [0.05, 0.1) is 12.3 Å². The van der Waals surface area contributed by atoms with E-state index in [0.29, 0.717) is 26.2 Å². The van der Waals surface area contributed by atoms with E-state index in [1.54, 1.807) is 0 Å². The summed E-state index contributed by atoms with van der Waals surface area (Å²) in [6.07, 6.45) is 2.32. The minimum Gasteiger partial charge on any atom is -0.381 e. The van der Waals surface area contributed by atoms with Crippen LogP contribution < -0.4 is 5.32 Å². The Balaban J connectivity index is 2.13. The van der Waals surface area contributed by atoms with Crippen LogP contribution in [-0.4, -0.2) is 35.9 Å². The van der Waals surface area contributed by atoms with Crippen LogP contribution >= 0.6 is 0 Å². The SMILES string of the molecule is CCOCCC(=O)NCCCc1c(C)n[nH]c1C. The van der Waals surface area contributed by atoms with Crippen molar-refractivity contribution < 1.29 is 9.53 Å². The standard InChI is InChI=1S/C13H23N3O2/c1-4-18-9-7-13(17)14-8-5-6-12-10(2)15-16-11(12)3/h4-9H2,1-3H3,(H,14,17)(H,15,16). The van der Waals surface area contributed by atoms with Crippen LogP contribution in [0.25, 0.3) is 0 Å². The number of amides is 1. The van der Waals surface area contributed by atoms with E-state index in [1.807, 2.05) is 20.8 Å². The first-order valence-corrected chi connectivity index (χ1v) is 6.50. The average molecular weight is 253 g/mol. The Morgan fingerprint density at radius 2 is 2.22 bits per heavy atom. The average Bonchev–Trinajstić information content (AvgIpc) is 2.66. The molecule has 0 unspecified atom stereocenters. The number of nitrogens with zero attached hydrogens (tertiary/aromatic N) is 1. The summed E-state index contributed by atoms with van der Waals surface area (Å²) in [7, 11) is 0. The van der Waals surface area contributed by atoms with Crippen molar-refractivity contribution in [3.05, 3.63) is 17.0 Å². The summed E-state index contributed by atoms with van der Waals surface area (Å²) < 4.78 is 5.13. The molecule has 0 aromatic carbocycles. The molecule has 0 fully saturated rings. The molecule has 0 aliphatic carbocycles. The molecule has 5 nitrogen and oxygen atoms in total. The molecule has 0 radical (unpaired) electrons. The third kappa shape index (κ3) is 4.87. The molecule has 18 heavy (non-hydrogen) atoms. The van der Waals surface area contributed by atoms with Gasteiger partial charge in [-0.25, -0.2) is 0 Å². The maximum atomic E-state index is 11.4. The molecule has 5 heteroatoms. The summed E-state index contributed by atoms with van der Waals surface area (Å²) in [5, 5.41) is 10.0. The summed E-state index contributed by atoms with van der Waals surface area (Å²) in [5.74, 6) is 0.0593. The zero-order valence-corrected chi connectivity index (χ0v) is 11.5. The molecular formula is C13H23N3O2. The van der Waals surface area contributed by atoms with Crippen LogP contribution in [0.1, 0.15) is 36.7 Å². The van der Waals surface area contributed by atoms with Gasteiger partial charge in [0.25, 0.3) is 0 Å². The number of aromatic amines is 1. The molecule has 1 aromatic rings. The maximum absolute atomic E-state index is 11.4. The van der Waals surface area contributed by atoms with Crippen molar-refractivity contribution in [2.24, 2.45) is 0 Å². The predicted molar refractivity (Wildman–Crippen MR) is 70.5 cm³/mol. The third-order valence-electron chi connectivity index (χ3n) is 2.88. The van der Waals surface area contributed by atoms with Crippen LogP contribution in [0.3, 0.4) is 0 Å². The third-order valence-corrected chi connectivity index (χ3v) is 2.88. The fourth-order valence-corrected chi connectivity index (χ4v) is 1.83. The number of carbonyl (C=O) groups excluding carboxylic acids is 1. The maximum Gasteiger partial charge on any atom is 0.222 e. The van der Waals surface area contributed by atoms with Crippen molar-refractivity contribution in [3.63, 3.8) is 0 Å². The Morgan fingerprint density at radius 3 is 2.83 bits per heavy atom. The van der Waals surface area contributed by atoms with Crippen LogP contribution in [0, 0.1) is 13.8 Å². The molecule has 102 valence electrons. The van der Waals surface area contributed by atoms with E-state index in [9.17, 15) is 4.79 Å². The lowest BCUT2D eigenvalue weighted by Crippen LogP contribution is -2.25. The number of H-pyrrole nitrogens is 1. The lowest BCUT2D eigenvalue weighted by atomic mass is 10.1. The second-order valence-corrected chi connectivity index (χ2v) is 4.31. The molecule has 0 atom stereocenters. The molecule has 0 saturated heterocycles. The highest BCUT2D eigenvalue weighted by Gasteiger charge is 2.06. The zero-order valence-electron chi connectivity index (χ0n) is 11.5. The summed E-state index contributed by atoms with van der Waals surface area (Å²) in [5.41, 5.74) is 3.43. The summed E-state index contributed by atoms with van der Waals surface area (Å²) >= 11 is 0. The van der Waals surface area contributed by atoms with Gasteiger partial charge >= 0.3 is 0 Å². The monoisotopic (exact) mass is 253 g/mol. The van der Waals surface area contributed by atoms with Gasteiger partial charge in [-0.15, -0.1) is 0 Å². The number of hydrogen-bond acceptors (Lipinski definition) is 3. The van der Waals surface area contributed by atoms with E-state index in [2.05, 4.69) is 15.5 Å². The quantitative estimate of drug-likeness (QED) is 0.690. The van der Waals surface area contributed by atoms with Crippen molar-refractivity contribution in [2.75, 3.05) is 19.8 Å². The summed E-state index contributed by atoms with van der Waals surface area (Å²) in [4.78, 5) is 11.4. The van der Waals surface area contributed by atoms with Gasteiger partial charge in [-0.2, -0.15) is 5.10 Å². The zero-order chi connectivity index (χ0) is 13.4. The Labute approximate surface area is 108 Å². The number of ether oxygens (including phenoxy) is 1. The molecule has 1 amide bonds. The number of rotatable bonds is 8. The fraction of sp³-hybridized carbons (Fsp3) is 0.692. The molecule has 1 rings (SSSR count). The van der Waals surface area contributed by atoms with E-state index >= 15 is 0 Å². The molecule has 1 aromatic heterocycles. The number of aromatic nitrogens is 2. The van der Waals surface area contributed by atoms with E-state index in [4.69, 9.17) is 4.74 Å². The molecule has 0 spiro atoms. The predicted octanol–water partition coefficient (Wildman–Crippen LogP) is 1.50. The highest BCUT2D eigenvalue weighted by molar-refractivity contribution is 5.75. The number of aryl methyl sites for hydroxylation is 2. The largest absolute Gasteiger partial charge is 0.381 e. The lowest BCUT2D eigenvalue weighted by molar-refractivity contribution is -0.122. The van der Waals surface area contributed by atoms with Gasteiger partial charge in [-0.05, 0) is 39.2 Å². The summed E-state index contributed by atoms with van der Waals surface area (Å²) in [6.45, 7) is 7.81. The number of nitrogens with one attached hydrogen (secondary N) is 2. The van der Waals surface area contributed by atoms with E-state index in [0.717, 1.165) is 24.2 Å². The molecule has 0 bridgehead atoms. The van der Waals surface area contributed by atoms with Gasteiger partial charge in [0.15, 0.2) is 0 Å². The molecule has 0 saturated carbocycles. The van der Waals surface area contributed by atoms with Crippen LogP contribution in [0.2, 0.25) is 0 Å². The molecule has 1 heterocycles. The topological polar surface area (TPSA) is 67.0 Å². The van der Waals surface area contributed by atoms with Crippen molar-refractivity contribution in [1.29, 1.82) is 0 Å². The Kier molecular flexibility index (Phi) is 6.43. The van der Waals surface area contributed by atoms with Gasteiger partial charge in [0, 0.05) is 25.3 Å². The van der Waals surface area contributed by atoms with Crippen LogP contribution in [0.4, 0.5) is 0 Å². The molecule has 0 aliphatic rings. The second kappa shape index (κ2) is 7.87. The van der Waals surface area contributed by atoms with Crippen molar-refractivity contribution in [1.82, 2.24) is 15.5 Å². The first kappa shape index (κ1) is 14.7. The Morgan fingerprint density at radius 1 is 1.44 bits per heavy atom. The Hall–Kier alpha value is -1.36. The lowest BCUT2D eigenvalue weighted by Gasteiger charge is -2.05. The minimum atomic E-state index is 0.0593. The van der Waals surface area contributed by atoms with Crippen LogP contribution in [0.5, 0.6) is 0 Å². The van der Waals surface area contributed by atoms with Crippen molar-refractivity contribution >= 4 is 5.91 Å². The van der Waals surface area contributed by atoms with Crippen molar-refractivity contribution in [3.8, 4) is 0 Å². The first-order chi connectivity index (χ1) is 8.65. The normalized spacial score (nSPS) is 10.6. The van der Waals surface area contributed by atoms with E-state index in [1.165, 1.54) is 5.56 Å². The smallest absolute Gasteiger partial charge is 0.222 e. The number of hydrogen-bond donors (Lipinski definition) is 2. The fourth-order valence-electron chi connectivity index (χ4n) is 1.83. The van der Waals surface area contributed by atoms with Crippen LogP contribution in [0.15, 0.2) is 0 Å². The van der Waals surface area contributed by atoms with Crippen molar-refractivity contribution in [2.45, 2.75) is 40.0 Å². The van der Waals surface area contributed by atoms with Gasteiger partial charge in [-0.3, -0.25) is 9.89 Å². The molecule has 0 aliphatic heterocycles. The van der Waals surface area contributed by atoms with Gasteiger partial charge in [0.1, 0.15) is 0 Å². The minimum absolute atomic E-state index is 0.0593.